The molecule has 1 aromatic carbocycles. The van der Waals surface area contributed by atoms with E-state index in [9.17, 15) is 0 Å². The molecule has 4 heteroatoms. The molecule has 0 saturated heterocycles. The molecule has 4 nitrogen and oxygen atoms in total. The molecule has 0 aliphatic heterocycles. The monoisotopic (exact) mass is 271 g/mol. The largest absolute Gasteiger partial charge is 0.337 e. The van der Waals surface area contributed by atoms with Gasteiger partial charge in [-0.1, -0.05) is 48.8 Å². The molecule has 0 radical (unpaired) electrons. The fraction of sp³-hybridized carbons (Fsp3) is 0.500. The van der Waals surface area contributed by atoms with Gasteiger partial charge in [-0.15, -0.1) is 0 Å². The van der Waals surface area contributed by atoms with E-state index in [1.165, 1.54) is 19.3 Å². The average molecular weight is 271 g/mol. The Labute approximate surface area is 119 Å². The van der Waals surface area contributed by atoms with Gasteiger partial charge >= 0.3 is 0 Å². The number of nitrogens with zero attached hydrogens (tertiary/aromatic N) is 2. The lowest BCUT2D eigenvalue weighted by Gasteiger charge is -2.06. The first-order valence-corrected chi connectivity index (χ1v) is 7.42. The van der Waals surface area contributed by atoms with Crippen molar-refractivity contribution in [2.45, 2.75) is 44.6 Å². The lowest BCUT2D eigenvalue weighted by molar-refractivity contribution is 0.359. The minimum Gasteiger partial charge on any atom is -0.337 e. The van der Waals surface area contributed by atoms with E-state index in [1.54, 1.807) is 0 Å². The first kappa shape index (κ1) is 13.3. The zero-order valence-corrected chi connectivity index (χ0v) is 11.8. The van der Waals surface area contributed by atoms with Crippen molar-refractivity contribution in [3.8, 4) is 0 Å². The van der Waals surface area contributed by atoms with Crippen LogP contribution in [0.2, 0.25) is 0 Å². The van der Waals surface area contributed by atoms with Crippen LogP contribution >= 0.6 is 0 Å². The fourth-order valence-electron chi connectivity index (χ4n) is 3.02. The van der Waals surface area contributed by atoms with Crippen LogP contribution in [0.25, 0.3) is 0 Å². The van der Waals surface area contributed by atoms with Crippen molar-refractivity contribution < 1.29 is 4.52 Å². The highest BCUT2D eigenvalue weighted by molar-refractivity contribution is 5.23. The molecule has 1 fully saturated rings. The van der Waals surface area contributed by atoms with E-state index >= 15 is 0 Å². The Morgan fingerprint density at radius 2 is 2.10 bits per heavy atom. The summed E-state index contributed by atoms with van der Waals surface area (Å²) in [5.74, 6) is 2.61. The summed E-state index contributed by atoms with van der Waals surface area (Å²) in [7, 11) is 0. The van der Waals surface area contributed by atoms with Crippen molar-refractivity contribution in [2.24, 2.45) is 11.7 Å². The zero-order chi connectivity index (χ0) is 13.9. The van der Waals surface area contributed by atoms with Gasteiger partial charge in [0, 0.05) is 5.92 Å². The molecule has 1 aliphatic rings. The van der Waals surface area contributed by atoms with Crippen LogP contribution in [-0.2, 0) is 0 Å². The SMILES string of the molecule is CCC1CCC(c2noc([C@H](N)c3ccccc3)n2)C1. The minimum atomic E-state index is -0.333. The Balaban J connectivity index is 1.74. The highest BCUT2D eigenvalue weighted by Crippen LogP contribution is 2.38. The first-order chi connectivity index (χ1) is 9.78. The van der Waals surface area contributed by atoms with Crippen molar-refractivity contribution in [1.82, 2.24) is 10.1 Å². The minimum absolute atomic E-state index is 0.333. The van der Waals surface area contributed by atoms with Crippen LogP contribution in [0.3, 0.4) is 0 Å². The van der Waals surface area contributed by atoms with Gasteiger partial charge in [0.1, 0.15) is 6.04 Å². The highest BCUT2D eigenvalue weighted by Gasteiger charge is 2.29. The maximum atomic E-state index is 6.19. The van der Waals surface area contributed by atoms with Gasteiger partial charge in [-0.2, -0.15) is 4.98 Å². The third-order valence-electron chi connectivity index (χ3n) is 4.37. The third-order valence-corrected chi connectivity index (χ3v) is 4.37. The standard InChI is InChI=1S/C16H21N3O/c1-2-11-8-9-13(10-11)15-18-16(20-19-15)14(17)12-6-4-3-5-7-12/h3-7,11,13-14H,2,8-10,17H2,1H3/t11?,13?,14-/m1/s1. The number of nitrogens with two attached hydrogens (primary N) is 1. The topological polar surface area (TPSA) is 64.9 Å². The summed E-state index contributed by atoms with van der Waals surface area (Å²) in [6.45, 7) is 2.25. The van der Waals surface area contributed by atoms with E-state index in [0.29, 0.717) is 11.8 Å². The van der Waals surface area contributed by atoms with Crippen LogP contribution in [0, 0.1) is 5.92 Å². The predicted molar refractivity (Wildman–Crippen MR) is 77.1 cm³/mol. The molecule has 1 aliphatic carbocycles. The number of hydrogen-bond acceptors (Lipinski definition) is 4. The summed E-state index contributed by atoms with van der Waals surface area (Å²) in [6.07, 6.45) is 4.86. The summed E-state index contributed by atoms with van der Waals surface area (Å²) >= 11 is 0. The number of benzene rings is 1. The zero-order valence-electron chi connectivity index (χ0n) is 11.8. The molecule has 0 spiro atoms. The van der Waals surface area contributed by atoms with Crippen molar-refractivity contribution in [1.29, 1.82) is 0 Å². The molecule has 2 N–H and O–H groups in total. The van der Waals surface area contributed by atoms with Crippen LogP contribution < -0.4 is 5.73 Å². The van der Waals surface area contributed by atoms with E-state index < -0.39 is 0 Å². The normalized spacial score (nSPS) is 23.9. The van der Waals surface area contributed by atoms with Gasteiger partial charge in [-0.05, 0) is 30.7 Å². The lowest BCUT2D eigenvalue weighted by atomic mass is 10.0. The number of rotatable bonds is 4. The number of hydrogen-bond donors (Lipinski definition) is 1. The molecule has 2 aromatic rings. The van der Waals surface area contributed by atoms with Gasteiger partial charge < -0.3 is 10.3 Å². The van der Waals surface area contributed by atoms with E-state index in [1.807, 2.05) is 30.3 Å². The van der Waals surface area contributed by atoms with Gasteiger partial charge in [-0.25, -0.2) is 0 Å². The second kappa shape index (κ2) is 5.75. The van der Waals surface area contributed by atoms with E-state index in [2.05, 4.69) is 17.1 Å². The smallest absolute Gasteiger partial charge is 0.248 e. The van der Waals surface area contributed by atoms with Gasteiger partial charge in [0.2, 0.25) is 5.89 Å². The third kappa shape index (κ3) is 2.61. The first-order valence-electron chi connectivity index (χ1n) is 7.42. The summed E-state index contributed by atoms with van der Waals surface area (Å²) < 4.78 is 5.38. The Kier molecular flexibility index (Phi) is 3.83. The molecular formula is C16H21N3O. The summed E-state index contributed by atoms with van der Waals surface area (Å²) in [5, 5.41) is 4.15. The van der Waals surface area contributed by atoms with E-state index in [0.717, 1.165) is 23.7 Å². The van der Waals surface area contributed by atoms with Crippen LogP contribution in [0.4, 0.5) is 0 Å². The molecule has 3 atom stereocenters. The van der Waals surface area contributed by atoms with Crippen LogP contribution in [0.15, 0.2) is 34.9 Å². The van der Waals surface area contributed by atoms with Gasteiger partial charge in [0.25, 0.3) is 0 Å². The van der Waals surface area contributed by atoms with Crippen molar-refractivity contribution in [3.05, 3.63) is 47.6 Å². The van der Waals surface area contributed by atoms with E-state index in [4.69, 9.17) is 10.3 Å². The van der Waals surface area contributed by atoms with E-state index in [-0.39, 0.29) is 6.04 Å². The highest BCUT2D eigenvalue weighted by atomic mass is 16.5. The fourth-order valence-corrected chi connectivity index (χ4v) is 3.02. The molecule has 1 saturated carbocycles. The van der Waals surface area contributed by atoms with Gasteiger partial charge in [0.15, 0.2) is 5.82 Å². The molecule has 20 heavy (non-hydrogen) atoms. The van der Waals surface area contributed by atoms with Crippen LogP contribution in [0.5, 0.6) is 0 Å². The molecule has 1 heterocycles. The summed E-state index contributed by atoms with van der Waals surface area (Å²) in [6, 6.07) is 9.54. The average Bonchev–Trinajstić information content (AvgIpc) is 3.16. The predicted octanol–water partition coefficient (Wildman–Crippen LogP) is 3.41. The van der Waals surface area contributed by atoms with Crippen LogP contribution in [0.1, 0.15) is 61.8 Å². The summed E-state index contributed by atoms with van der Waals surface area (Å²) in [4.78, 5) is 4.53. The molecule has 0 amide bonds. The Morgan fingerprint density at radius 1 is 1.30 bits per heavy atom. The second-order valence-corrected chi connectivity index (χ2v) is 5.66. The quantitative estimate of drug-likeness (QED) is 0.925. The van der Waals surface area contributed by atoms with Crippen molar-refractivity contribution in [3.63, 3.8) is 0 Å². The molecule has 0 bridgehead atoms. The Morgan fingerprint density at radius 3 is 2.80 bits per heavy atom. The Hall–Kier alpha value is -1.68. The second-order valence-electron chi connectivity index (χ2n) is 5.66. The Bertz CT molecular complexity index is 552. The maximum absolute atomic E-state index is 6.19. The molecular weight excluding hydrogens is 250 g/mol. The lowest BCUT2D eigenvalue weighted by Crippen LogP contribution is -2.12. The van der Waals surface area contributed by atoms with Crippen LogP contribution in [-0.4, -0.2) is 10.1 Å². The van der Waals surface area contributed by atoms with Gasteiger partial charge in [-0.3, -0.25) is 0 Å². The maximum Gasteiger partial charge on any atom is 0.248 e. The van der Waals surface area contributed by atoms with Crippen molar-refractivity contribution >= 4 is 0 Å². The number of aromatic nitrogens is 2. The molecule has 3 rings (SSSR count). The summed E-state index contributed by atoms with van der Waals surface area (Å²) in [5.41, 5.74) is 7.19. The molecule has 1 aromatic heterocycles. The molecule has 106 valence electrons. The van der Waals surface area contributed by atoms with Gasteiger partial charge in [0.05, 0.1) is 0 Å². The molecule has 2 unspecified atom stereocenters. The van der Waals surface area contributed by atoms with Crippen molar-refractivity contribution in [2.75, 3.05) is 0 Å².